The van der Waals surface area contributed by atoms with E-state index < -0.39 is 0 Å². The molecule has 64 valence electrons. The number of ketones is 1. The van der Waals surface area contributed by atoms with E-state index in [1.54, 1.807) is 0 Å². The Bertz CT molecular complexity index is 309. The van der Waals surface area contributed by atoms with Crippen molar-refractivity contribution in [3.8, 4) is 0 Å². The predicted octanol–water partition coefficient (Wildman–Crippen LogP) is 2.49. The second-order valence-corrected chi connectivity index (χ2v) is 4.26. The van der Waals surface area contributed by atoms with E-state index in [9.17, 15) is 4.79 Å². The van der Waals surface area contributed by atoms with E-state index in [-0.39, 0.29) is 5.41 Å². The van der Waals surface area contributed by atoms with Crippen LogP contribution in [0.1, 0.15) is 27.2 Å². The predicted molar refractivity (Wildman–Crippen MR) is 48.7 cm³/mol. The van der Waals surface area contributed by atoms with Crippen molar-refractivity contribution in [3.05, 3.63) is 23.3 Å². The van der Waals surface area contributed by atoms with E-state index in [2.05, 4.69) is 26.8 Å². The van der Waals surface area contributed by atoms with Crippen LogP contribution in [0.15, 0.2) is 23.3 Å². The standard InChI is InChI=1S/C11H14O/c1-7-4-5-11(3)9(12)6-8(2)10(7)11/h4,6,10H,5H2,1-3H3. The first kappa shape index (κ1) is 7.78. The van der Waals surface area contributed by atoms with Crippen molar-refractivity contribution in [1.29, 1.82) is 0 Å². The molecule has 0 aromatic rings. The first-order chi connectivity index (χ1) is 5.55. The molecule has 0 heterocycles. The molecule has 12 heavy (non-hydrogen) atoms. The van der Waals surface area contributed by atoms with Gasteiger partial charge in [0, 0.05) is 11.3 Å². The maximum absolute atomic E-state index is 11.6. The number of carbonyl (C=O) groups excluding carboxylic acids is 1. The van der Waals surface area contributed by atoms with Crippen molar-refractivity contribution in [2.24, 2.45) is 11.3 Å². The molecule has 2 aliphatic carbocycles. The first-order valence-corrected chi connectivity index (χ1v) is 4.45. The van der Waals surface area contributed by atoms with Gasteiger partial charge in [-0.15, -0.1) is 0 Å². The van der Waals surface area contributed by atoms with Gasteiger partial charge in [0.25, 0.3) is 0 Å². The van der Waals surface area contributed by atoms with E-state index in [0.717, 1.165) is 6.42 Å². The Morgan fingerprint density at radius 3 is 2.67 bits per heavy atom. The Balaban J connectivity index is 2.48. The molecule has 1 heteroatoms. The highest BCUT2D eigenvalue weighted by atomic mass is 16.1. The van der Waals surface area contributed by atoms with Crippen LogP contribution < -0.4 is 0 Å². The minimum absolute atomic E-state index is 0.117. The number of rotatable bonds is 0. The summed E-state index contributed by atoms with van der Waals surface area (Å²) in [7, 11) is 0. The van der Waals surface area contributed by atoms with Gasteiger partial charge >= 0.3 is 0 Å². The number of hydrogen-bond donors (Lipinski definition) is 0. The van der Waals surface area contributed by atoms with Gasteiger partial charge in [-0.25, -0.2) is 0 Å². The zero-order chi connectivity index (χ0) is 8.93. The molecule has 0 aromatic heterocycles. The van der Waals surface area contributed by atoms with Crippen LogP contribution in [0.25, 0.3) is 0 Å². The van der Waals surface area contributed by atoms with Crippen LogP contribution in [-0.2, 0) is 4.79 Å². The number of carbonyl (C=O) groups is 1. The minimum atomic E-state index is -0.117. The summed E-state index contributed by atoms with van der Waals surface area (Å²) in [5.74, 6) is 0.725. The third-order valence-corrected chi connectivity index (χ3v) is 3.32. The van der Waals surface area contributed by atoms with Crippen molar-refractivity contribution >= 4 is 5.78 Å². The quantitative estimate of drug-likeness (QED) is 0.500. The molecule has 0 amide bonds. The van der Waals surface area contributed by atoms with Crippen molar-refractivity contribution in [2.75, 3.05) is 0 Å². The second kappa shape index (κ2) is 2.09. The van der Waals surface area contributed by atoms with Crippen LogP contribution in [0, 0.1) is 11.3 Å². The van der Waals surface area contributed by atoms with E-state index in [1.165, 1.54) is 11.1 Å². The van der Waals surface area contributed by atoms with Gasteiger partial charge in [-0.1, -0.05) is 24.1 Å². The van der Waals surface area contributed by atoms with Crippen LogP contribution in [-0.4, -0.2) is 5.78 Å². The summed E-state index contributed by atoms with van der Waals surface area (Å²) in [4.78, 5) is 11.6. The summed E-state index contributed by atoms with van der Waals surface area (Å²) in [6.07, 6.45) is 4.95. The summed E-state index contributed by atoms with van der Waals surface area (Å²) in [6, 6.07) is 0. The smallest absolute Gasteiger partial charge is 0.162 e. The third-order valence-electron chi connectivity index (χ3n) is 3.32. The summed E-state index contributed by atoms with van der Waals surface area (Å²) < 4.78 is 0. The molecule has 1 nitrogen and oxygen atoms in total. The Morgan fingerprint density at radius 1 is 1.42 bits per heavy atom. The van der Waals surface area contributed by atoms with Gasteiger partial charge in [0.15, 0.2) is 5.78 Å². The Kier molecular flexibility index (Phi) is 1.36. The average Bonchev–Trinajstić information content (AvgIpc) is 2.38. The first-order valence-electron chi connectivity index (χ1n) is 4.45. The lowest BCUT2D eigenvalue weighted by Gasteiger charge is -2.24. The van der Waals surface area contributed by atoms with E-state index in [1.807, 2.05) is 6.08 Å². The van der Waals surface area contributed by atoms with Gasteiger partial charge in [-0.2, -0.15) is 0 Å². The number of hydrogen-bond acceptors (Lipinski definition) is 1. The van der Waals surface area contributed by atoms with Gasteiger partial charge in [-0.05, 0) is 26.3 Å². The molecule has 0 aromatic carbocycles. The monoisotopic (exact) mass is 162 g/mol. The number of fused-ring (bicyclic) bond motifs is 1. The average molecular weight is 162 g/mol. The van der Waals surface area contributed by atoms with Crippen LogP contribution in [0.4, 0.5) is 0 Å². The Labute approximate surface area is 73.2 Å². The summed E-state index contributed by atoms with van der Waals surface area (Å²) in [5, 5.41) is 0. The fourth-order valence-corrected chi connectivity index (χ4v) is 2.67. The minimum Gasteiger partial charge on any atom is -0.294 e. The summed E-state index contributed by atoms with van der Waals surface area (Å²) in [5.41, 5.74) is 2.50. The molecule has 0 N–H and O–H groups in total. The topological polar surface area (TPSA) is 17.1 Å². The van der Waals surface area contributed by atoms with Gasteiger partial charge < -0.3 is 0 Å². The molecule has 0 bridgehead atoms. The molecule has 2 atom stereocenters. The fourth-order valence-electron chi connectivity index (χ4n) is 2.67. The highest BCUT2D eigenvalue weighted by Crippen LogP contribution is 2.51. The van der Waals surface area contributed by atoms with Crippen LogP contribution >= 0.6 is 0 Å². The van der Waals surface area contributed by atoms with Gasteiger partial charge in [0.05, 0.1) is 0 Å². The van der Waals surface area contributed by atoms with Crippen LogP contribution in [0.2, 0.25) is 0 Å². The molecular formula is C11H14O. The highest BCUT2D eigenvalue weighted by Gasteiger charge is 2.48. The summed E-state index contributed by atoms with van der Waals surface area (Å²) >= 11 is 0. The van der Waals surface area contributed by atoms with E-state index >= 15 is 0 Å². The molecule has 0 saturated heterocycles. The van der Waals surface area contributed by atoms with Crippen molar-refractivity contribution < 1.29 is 4.79 Å². The lowest BCUT2D eigenvalue weighted by molar-refractivity contribution is -0.122. The lowest BCUT2D eigenvalue weighted by Crippen LogP contribution is -2.26. The van der Waals surface area contributed by atoms with Crippen LogP contribution in [0.3, 0.4) is 0 Å². The molecule has 2 rings (SSSR count). The maximum Gasteiger partial charge on any atom is 0.162 e. The largest absolute Gasteiger partial charge is 0.294 e. The van der Waals surface area contributed by atoms with Gasteiger partial charge in [-0.3, -0.25) is 4.79 Å². The van der Waals surface area contributed by atoms with Gasteiger partial charge in [0.1, 0.15) is 0 Å². The second-order valence-electron chi connectivity index (χ2n) is 4.26. The SMILES string of the molecule is CC1=CCC2(C)C(=O)C=C(C)C12. The van der Waals surface area contributed by atoms with Crippen molar-refractivity contribution in [1.82, 2.24) is 0 Å². The van der Waals surface area contributed by atoms with Gasteiger partial charge in [0.2, 0.25) is 0 Å². The molecule has 0 aliphatic heterocycles. The fraction of sp³-hybridized carbons (Fsp3) is 0.545. The lowest BCUT2D eigenvalue weighted by atomic mass is 9.76. The van der Waals surface area contributed by atoms with Crippen LogP contribution in [0.5, 0.6) is 0 Å². The molecule has 0 radical (unpaired) electrons. The zero-order valence-electron chi connectivity index (χ0n) is 7.85. The summed E-state index contributed by atoms with van der Waals surface area (Å²) in [6.45, 7) is 6.28. The normalized spacial score (nSPS) is 39.6. The Hall–Kier alpha value is -0.850. The molecule has 2 aliphatic rings. The maximum atomic E-state index is 11.6. The van der Waals surface area contributed by atoms with Crippen molar-refractivity contribution in [2.45, 2.75) is 27.2 Å². The van der Waals surface area contributed by atoms with Crippen molar-refractivity contribution in [3.63, 3.8) is 0 Å². The molecule has 2 unspecified atom stereocenters. The zero-order valence-corrected chi connectivity index (χ0v) is 7.85. The van der Waals surface area contributed by atoms with E-state index in [0.29, 0.717) is 11.7 Å². The molecule has 0 fully saturated rings. The van der Waals surface area contributed by atoms with E-state index in [4.69, 9.17) is 0 Å². The number of allylic oxidation sites excluding steroid dienone is 4. The highest BCUT2D eigenvalue weighted by molar-refractivity contribution is 5.99. The molecular weight excluding hydrogens is 148 g/mol. The third kappa shape index (κ3) is 0.715. The Morgan fingerprint density at radius 2 is 2.08 bits per heavy atom. The molecule has 0 spiro atoms. The molecule has 0 saturated carbocycles.